The number of amides is 1. The number of rotatable bonds is 11. The van der Waals surface area contributed by atoms with Crippen LogP contribution in [0.1, 0.15) is 24.6 Å². The van der Waals surface area contributed by atoms with Crippen LogP contribution < -0.4 is 5.32 Å². The van der Waals surface area contributed by atoms with Gasteiger partial charge in [0, 0.05) is 57.2 Å². The number of benzene rings is 1. The van der Waals surface area contributed by atoms with E-state index in [1.807, 2.05) is 59.4 Å². The zero-order chi connectivity index (χ0) is 30.4. The minimum atomic E-state index is -1.18. The minimum Gasteiger partial charge on any atom is -0.445 e. The SMILES string of the molecule is C[C@H]1C[C@@H](Nc2c(-c3cccc(CO)n3)cnc3c2ccn3COCC[Si](C)(C)C)CN(C(=O)OCc2ccccc2)C1. The van der Waals surface area contributed by atoms with Gasteiger partial charge in [0.05, 0.1) is 23.7 Å². The summed E-state index contributed by atoms with van der Waals surface area (Å²) in [6.45, 7) is 11.6. The van der Waals surface area contributed by atoms with Crippen molar-refractivity contribution in [3.05, 3.63) is 78.2 Å². The number of likely N-dealkylation sites (tertiary alicyclic amines) is 1. The number of anilines is 1. The standard InChI is InChI=1S/C33H43N5O4Si/c1-24-17-27(20-38(19-24)33(40)42-22-25-9-6-5-7-10-25)36-31-28-13-14-37(23-41-15-16-43(2,3)4)32(28)34-18-29(31)30-12-8-11-26(21-39)35-30/h5-14,18,24,27,39H,15-17,19-23H2,1-4H3,(H,34,36)/t24-,27+/m0/s1. The van der Waals surface area contributed by atoms with Gasteiger partial charge in [0.1, 0.15) is 19.0 Å². The fourth-order valence-corrected chi connectivity index (χ4v) is 6.23. The highest BCUT2D eigenvalue weighted by Crippen LogP contribution is 2.35. The van der Waals surface area contributed by atoms with E-state index in [-0.39, 0.29) is 31.3 Å². The van der Waals surface area contributed by atoms with E-state index in [0.717, 1.165) is 52.6 Å². The van der Waals surface area contributed by atoms with Crippen molar-refractivity contribution < 1.29 is 19.4 Å². The van der Waals surface area contributed by atoms with Crippen LogP contribution in [0.25, 0.3) is 22.3 Å². The first kappa shape index (κ1) is 30.7. The van der Waals surface area contributed by atoms with Gasteiger partial charge in [-0.2, -0.15) is 0 Å². The Hall–Kier alpha value is -3.73. The van der Waals surface area contributed by atoms with Crippen molar-refractivity contribution in [2.45, 2.75) is 65.0 Å². The summed E-state index contributed by atoms with van der Waals surface area (Å²) in [6.07, 6.45) is 4.44. The van der Waals surface area contributed by atoms with Gasteiger partial charge in [-0.1, -0.05) is 63.0 Å². The molecule has 1 aliphatic heterocycles. The fourth-order valence-electron chi connectivity index (χ4n) is 5.47. The Labute approximate surface area is 254 Å². The van der Waals surface area contributed by atoms with E-state index in [1.54, 1.807) is 11.0 Å². The molecule has 0 spiro atoms. The Kier molecular flexibility index (Phi) is 9.79. The first-order chi connectivity index (χ1) is 20.7. The lowest BCUT2D eigenvalue weighted by Crippen LogP contribution is -2.48. The zero-order valence-corrected chi connectivity index (χ0v) is 26.6. The van der Waals surface area contributed by atoms with Crippen molar-refractivity contribution in [2.24, 2.45) is 5.92 Å². The lowest BCUT2D eigenvalue weighted by atomic mass is 9.95. The van der Waals surface area contributed by atoms with E-state index in [1.165, 1.54) is 0 Å². The number of aliphatic hydroxyl groups is 1. The number of hydrogen-bond donors (Lipinski definition) is 2. The lowest BCUT2D eigenvalue weighted by molar-refractivity contribution is 0.0784. The second-order valence-electron chi connectivity index (χ2n) is 12.7. The van der Waals surface area contributed by atoms with Crippen molar-refractivity contribution in [1.29, 1.82) is 0 Å². The molecule has 4 aromatic rings. The van der Waals surface area contributed by atoms with Crippen molar-refractivity contribution in [3.8, 4) is 11.3 Å². The summed E-state index contributed by atoms with van der Waals surface area (Å²) >= 11 is 0. The maximum absolute atomic E-state index is 13.1. The maximum atomic E-state index is 13.1. The number of carbonyl (C=O) groups is 1. The topological polar surface area (TPSA) is 102 Å². The molecule has 0 unspecified atom stereocenters. The van der Waals surface area contributed by atoms with Crippen LogP contribution in [0.3, 0.4) is 0 Å². The average Bonchev–Trinajstić information content (AvgIpc) is 3.41. The molecule has 10 heteroatoms. The van der Waals surface area contributed by atoms with Gasteiger partial charge in [-0.05, 0) is 42.1 Å². The van der Waals surface area contributed by atoms with E-state index >= 15 is 0 Å². The molecule has 0 saturated carbocycles. The van der Waals surface area contributed by atoms with Gasteiger partial charge in [-0.25, -0.2) is 9.78 Å². The molecule has 1 fully saturated rings. The number of ether oxygens (including phenoxy) is 2. The van der Waals surface area contributed by atoms with Crippen molar-refractivity contribution in [2.75, 3.05) is 25.0 Å². The molecule has 2 atom stereocenters. The first-order valence-corrected chi connectivity index (χ1v) is 18.8. The highest BCUT2D eigenvalue weighted by atomic mass is 28.3. The van der Waals surface area contributed by atoms with Crippen LogP contribution in [0.5, 0.6) is 0 Å². The molecule has 0 bridgehead atoms. The van der Waals surface area contributed by atoms with Crippen LogP contribution in [0.4, 0.5) is 10.5 Å². The maximum Gasteiger partial charge on any atom is 0.410 e. The first-order valence-electron chi connectivity index (χ1n) is 15.0. The fraction of sp³-hybridized carbons (Fsp3) is 0.424. The van der Waals surface area contributed by atoms with Gasteiger partial charge >= 0.3 is 6.09 Å². The predicted octanol–water partition coefficient (Wildman–Crippen LogP) is 6.36. The van der Waals surface area contributed by atoms with Crippen molar-refractivity contribution in [3.63, 3.8) is 0 Å². The van der Waals surface area contributed by atoms with Crippen molar-refractivity contribution in [1.82, 2.24) is 19.4 Å². The zero-order valence-electron chi connectivity index (χ0n) is 25.6. The second-order valence-corrected chi connectivity index (χ2v) is 18.3. The summed E-state index contributed by atoms with van der Waals surface area (Å²) in [5, 5.41) is 14.5. The largest absolute Gasteiger partial charge is 0.445 e. The number of nitrogens with one attached hydrogen (secondary N) is 1. The third kappa shape index (κ3) is 8.01. The van der Waals surface area contributed by atoms with Gasteiger partial charge in [0.2, 0.25) is 0 Å². The molecule has 3 aromatic heterocycles. The molecule has 1 amide bonds. The number of hydrogen-bond acceptors (Lipinski definition) is 7. The Balaban J connectivity index is 1.39. The van der Waals surface area contributed by atoms with E-state index in [9.17, 15) is 9.90 Å². The summed E-state index contributed by atoms with van der Waals surface area (Å²) in [6, 6.07) is 18.5. The molecule has 5 rings (SSSR count). The van der Waals surface area contributed by atoms with Gasteiger partial charge in [0.25, 0.3) is 0 Å². The second kappa shape index (κ2) is 13.7. The smallest absolute Gasteiger partial charge is 0.410 e. The molecule has 43 heavy (non-hydrogen) atoms. The van der Waals surface area contributed by atoms with E-state index in [2.05, 4.69) is 42.9 Å². The minimum absolute atomic E-state index is 0.00487. The quantitative estimate of drug-likeness (QED) is 0.152. The predicted molar refractivity (Wildman–Crippen MR) is 172 cm³/mol. The highest BCUT2D eigenvalue weighted by molar-refractivity contribution is 6.76. The summed E-state index contributed by atoms with van der Waals surface area (Å²) in [5.41, 5.74) is 4.86. The number of nitrogens with zero attached hydrogens (tertiary/aromatic N) is 4. The van der Waals surface area contributed by atoms with E-state index in [4.69, 9.17) is 14.5 Å². The normalized spacial score (nSPS) is 17.3. The molecule has 228 valence electrons. The van der Waals surface area contributed by atoms with Crippen LogP contribution in [0, 0.1) is 5.92 Å². The highest BCUT2D eigenvalue weighted by Gasteiger charge is 2.30. The lowest BCUT2D eigenvalue weighted by Gasteiger charge is -2.37. The molecule has 0 aliphatic carbocycles. The summed E-state index contributed by atoms with van der Waals surface area (Å²) in [7, 11) is -1.18. The third-order valence-electron chi connectivity index (χ3n) is 7.73. The molecule has 1 saturated heterocycles. The number of carbonyl (C=O) groups excluding carboxylic acids is 1. The van der Waals surface area contributed by atoms with Crippen LogP contribution in [-0.2, 0) is 29.4 Å². The molecule has 1 aromatic carbocycles. The Morgan fingerprint density at radius 1 is 1.09 bits per heavy atom. The molecular weight excluding hydrogens is 558 g/mol. The van der Waals surface area contributed by atoms with Gasteiger partial charge in [0.15, 0.2) is 0 Å². The number of pyridine rings is 2. The third-order valence-corrected chi connectivity index (χ3v) is 9.44. The Bertz CT molecular complexity index is 1520. The molecule has 2 N–H and O–H groups in total. The van der Waals surface area contributed by atoms with Crippen LogP contribution >= 0.6 is 0 Å². The molecule has 9 nitrogen and oxygen atoms in total. The van der Waals surface area contributed by atoms with Gasteiger partial charge < -0.3 is 29.4 Å². The number of piperidine rings is 1. The molecule has 4 heterocycles. The molecule has 1 aliphatic rings. The Morgan fingerprint density at radius 3 is 2.67 bits per heavy atom. The average molecular weight is 602 g/mol. The van der Waals surface area contributed by atoms with Crippen LogP contribution in [0.2, 0.25) is 25.7 Å². The number of aliphatic hydroxyl groups excluding tert-OH is 1. The summed E-state index contributed by atoms with van der Waals surface area (Å²) in [5.74, 6) is 0.288. The Morgan fingerprint density at radius 2 is 1.91 bits per heavy atom. The molecule has 0 radical (unpaired) electrons. The monoisotopic (exact) mass is 601 g/mol. The van der Waals surface area contributed by atoms with Crippen molar-refractivity contribution >= 4 is 30.9 Å². The van der Waals surface area contributed by atoms with Crippen LogP contribution in [-0.4, -0.2) is 64.4 Å². The number of fused-ring (bicyclic) bond motifs is 1. The van der Waals surface area contributed by atoms with E-state index in [0.29, 0.717) is 25.5 Å². The summed E-state index contributed by atoms with van der Waals surface area (Å²) in [4.78, 5) is 24.4. The summed E-state index contributed by atoms with van der Waals surface area (Å²) < 4.78 is 13.8. The van der Waals surface area contributed by atoms with Gasteiger partial charge in [-0.15, -0.1) is 0 Å². The van der Waals surface area contributed by atoms with Gasteiger partial charge in [-0.3, -0.25) is 4.98 Å². The van der Waals surface area contributed by atoms with Crippen LogP contribution in [0.15, 0.2) is 67.0 Å². The number of aromatic nitrogens is 3. The van der Waals surface area contributed by atoms with E-state index < -0.39 is 8.07 Å². The molecular formula is C33H43N5O4Si.